The molecule has 2 N–H and O–H groups in total. The number of thiol groups is 1. The van der Waals surface area contributed by atoms with Gasteiger partial charge in [0.25, 0.3) is 0 Å². The summed E-state index contributed by atoms with van der Waals surface area (Å²) in [6.45, 7) is 0. The predicted molar refractivity (Wildman–Crippen MR) is 187 cm³/mol. The first-order chi connectivity index (χ1) is 22.5. The van der Waals surface area contributed by atoms with Gasteiger partial charge >= 0.3 is 5.97 Å². The number of β-lactam (4-membered cyclic amide) rings is 1. The van der Waals surface area contributed by atoms with E-state index in [1.54, 1.807) is 22.9 Å². The van der Waals surface area contributed by atoms with Crippen LogP contribution in [0.15, 0.2) is 113 Å². The van der Waals surface area contributed by atoms with Crippen LogP contribution in [-0.4, -0.2) is 65.3 Å². The molecule has 0 saturated carbocycles. The van der Waals surface area contributed by atoms with Crippen molar-refractivity contribution in [3.63, 3.8) is 0 Å². The van der Waals surface area contributed by atoms with Crippen LogP contribution in [0.2, 0.25) is 0 Å². The summed E-state index contributed by atoms with van der Waals surface area (Å²) < 4.78 is 6.32. The van der Waals surface area contributed by atoms with Crippen molar-refractivity contribution in [2.75, 3.05) is 16.4 Å². The van der Waals surface area contributed by atoms with Crippen molar-refractivity contribution in [1.29, 1.82) is 0 Å². The van der Waals surface area contributed by atoms with Gasteiger partial charge in [0.2, 0.25) is 11.8 Å². The van der Waals surface area contributed by atoms with E-state index in [4.69, 9.17) is 4.74 Å². The highest BCUT2D eigenvalue weighted by Crippen LogP contribution is 2.50. The summed E-state index contributed by atoms with van der Waals surface area (Å²) in [4.78, 5) is 43.0. The molecule has 3 atom stereocenters. The quantitative estimate of drug-likeness (QED) is 0.0921. The second kappa shape index (κ2) is 15.3. The van der Waals surface area contributed by atoms with E-state index in [1.165, 1.54) is 23.5 Å². The lowest BCUT2D eigenvalue weighted by atomic mass is 10.0. The molecule has 2 amide bonds. The molecule has 9 nitrogen and oxygen atoms in total. The van der Waals surface area contributed by atoms with Crippen molar-refractivity contribution in [3.8, 4) is 0 Å². The van der Waals surface area contributed by atoms with Crippen LogP contribution >= 0.6 is 46.2 Å². The lowest BCUT2D eigenvalue weighted by Gasteiger charge is -2.47. The third kappa shape index (κ3) is 7.49. The number of hydrogen-bond donors (Lipinski definition) is 3. The summed E-state index contributed by atoms with van der Waals surface area (Å²) in [6, 6.07) is 28.7. The van der Waals surface area contributed by atoms with Gasteiger partial charge in [0, 0.05) is 15.1 Å². The van der Waals surface area contributed by atoms with Gasteiger partial charge < -0.3 is 10.1 Å². The summed E-state index contributed by atoms with van der Waals surface area (Å²) >= 11 is 4.68. The van der Waals surface area contributed by atoms with E-state index in [1.807, 2.05) is 97.3 Å². The van der Waals surface area contributed by atoms with Gasteiger partial charge in [0.15, 0.2) is 6.10 Å². The average molecular weight is 692 g/mol. The number of amides is 2. The molecule has 3 heterocycles. The van der Waals surface area contributed by atoms with E-state index in [0.29, 0.717) is 9.99 Å². The van der Waals surface area contributed by atoms with Crippen LogP contribution in [0, 0.1) is 0 Å². The average Bonchev–Trinajstić information content (AvgIpc) is 3.62. The third-order valence-electron chi connectivity index (χ3n) is 7.42. The highest BCUT2D eigenvalue weighted by molar-refractivity contribution is 8.33. The standard InChI is InChI=1S/C33H33N5O4S4/c1-43-20-46(26-19-34-37-36-26)21-44-31-29(33(41)42-30(23-13-7-3-8-14-23)24-15-9-4-10-16-24)38-27(40)18-28(38)45-32(31)35-25(39)17-22-11-5-2-6-12-22/h2-16,19,28,30,32,46H,17-18,20-21H2,1H3,(H,35,39)(H,34,36,37). The number of esters is 1. The molecule has 0 aliphatic carbocycles. The number of H-pyrrole nitrogens is 1. The molecule has 6 rings (SSSR count). The number of ether oxygens (including phenoxy) is 1. The first-order valence-electron chi connectivity index (χ1n) is 14.6. The normalized spacial score (nSPS) is 18.5. The van der Waals surface area contributed by atoms with Crippen molar-refractivity contribution in [3.05, 3.63) is 124 Å². The molecule has 1 fully saturated rings. The Bertz CT molecular complexity index is 1640. The largest absolute Gasteiger partial charge is 0.448 e. The number of rotatable bonds is 13. The third-order valence-corrected chi connectivity index (χ3v) is 14.5. The number of carbonyl (C=O) groups excluding carboxylic acids is 3. The zero-order chi connectivity index (χ0) is 31.9. The van der Waals surface area contributed by atoms with Gasteiger partial charge in [-0.15, -0.1) is 28.6 Å². The molecule has 3 unspecified atom stereocenters. The Morgan fingerprint density at radius 1 is 1.02 bits per heavy atom. The van der Waals surface area contributed by atoms with Crippen molar-refractivity contribution in [2.45, 2.75) is 34.7 Å². The first kappa shape index (κ1) is 32.3. The van der Waals surface area contributed by atoms with E-state index in [2.05, 4.69) is 20.7 Å². The van der Waals surface area contributed by atoms with Crippen LogP contribution in [0.5, 0.6) is 0 Å². The molecule has 2 aliphatic heterocycles. The van der Waals surface area contributed by atoms with Gasteiger partial charge in [-0.05, 0) is 22.9 Å². The molecule has 0 spiro atoms. The molecular formula is C33H33N5O4S4. The maximum atomic E-state index is 14.4. The molecule has 13 heteroatoms. The molecule has 2 aliphatic rings. The molecule has 0 bridgehead atoms. The fourth-order valence-electron chi connectivity index (χ4n) is 5.22. The highest BCUT2D eigenvalue weighted by Gasteiger charge is 2.50. The molecule has 3 aromatic carbocycles. The number of hydrogen-bond acceptors (Lipinski definition) is 9. The Hall–Kier alpha value is -3.65. The molecule has 46 heavy (non-hydrogen) atoms. The van der Waals surface area contributed by atoms with Gasteiger partial charge in [0.1, 0.15) is 16.1 Å². The fourth-order valence-corrected chi connectivity index (χ4v) is 12.3. The van der Waals surface area contributed by atoms with E-state index in [0.717, 1.165) is 26.8 Å². The van der Waals surface area contributed by atoms with E-state index in [-0.39, 0.29) is 35.7 Å². The SMILES string of the molecule is CSC[SH](CSC1=C(C(=O)OC(c2ccccc2)c2ccccc2)N2C(=O)CC2SC1NC(=O)Cc1ccccc1)c1c[nH]nn1. The Morgan fingerprint density at radius 2 is 1.67 bits per heavy atom. The monoisotopic (exact) mass is 691 g/mol. The minimum absolute atomic E-state index is 0.143. The van der Waals surface area contributed by atoms with Crippen LogP contribution in [-0.2, 0) is 25.5 Å². The predicted octanol–water partition coefficient (Wildman–Crippen LogP) is 5.71. The van der Waals surface area contributed by atoms with Gasteiger partial charge in [-0.25, -0.2) is 4.79 Å². The van der Waals surface area contributed by atoms with Crippen molar-refractivity contribution in [2.24, 2.45) is 0 Å². The fraction of sp³-hybridized carbons (Fsp3) is 0.242. The summed E-state index contributed by atoms with van der Waals surface area (Å²) in [7, 11) is -0.759. The molecular weight excluding hydrogens is 659 g/mol. The van der Waals surface area contributed by atoms with Crippen LogP contribution in [0.3, 0.4) is 0 Å². The second-order valence-corrected chi connectivity index (χ2v) is 16.7. The van der Waals surface area contributed by atoms with Crippen molar-refractivity contribution in [1.82, 2.24) is 25.6 Å². The molecule has 4 aromatic rings. The molecule has 1 saturated heterocycles. The molecule has 1 aromatic heterocycles. The minimum Gasteiger partial charge on any atom is -0.448 e. The van der Waals surface area contributed by atoms with Crippen molar-refractivity contribution < 1.29 is 19.1 Å². The lowest BCUT2D eigenvalue weighted by Crippen LogP contribution is -2.57. The molecule has 0 radical (unpaired) electrons. The van der Waals surface area contributed by atoms with Gasteiger partial charge in [-0.3, -0.25) is 19.6 Å². The summed E-state index contributed by atoms with van der Waals surface area (Å²) in [6.07, 6.45) is 3.64. The lowest BCUT2D eigenvalue weighted by molar-refractivity contribution is -0.151. The van der Waals surface area contributed by atoms with E-state index < -0.39 is 28.3 Å². The van der Waals surface area contributed by atoms with Crippen molar-refractivity contribution >= 4 is 64.0 Å². The van der Waals surface area contributed by atoms with Gasteiger partial charge in [-0.1, -0.05) is 96.2 Å². The topological polar surface area (TPSA) is 117 Å². The number of thioether (sulfide) groups is 3. The summed E-state index contributed by atoms with van der Waals surface area (Å²) in [5, 5.41) is 15.7. The van der Waals surface area contributed by atoms with Crippen LogP contribution < -0.4 is 5.32 Å². The maximum Gasteiger partial charge on any atom is 0.356 e. The van der Waals surface area contributed by atoms with Gasteiger partial charge in [-0.2, -0.15) is 22.7 Å². The van der Waals surface area contributed by atoms with E-state index in [9.17, 15) is 14.4 Å². The Kier molecular flexibility index (Phi) is 10.7. The van der Waals surface area contributed by atoms with E-state index >= 15 is 0 Å². The molecule has 238 valence electrons. The highest BCUT2D eigenvalue weighted by atomic mass is 32.3. The number of aromatic amines is 1. The number of fused-ring (bicyclic) bond motifs is 1. The Balaban J connectivity index is 1.36. The second-order valence-electron chi connectivity index (χ2n) is 10.6. The smallest absolute Gasteiger partial charge is 0.356 e. The summed E-state index contributed by atoms with van der Waals surface area (Å²) in [5.41, 5.74) is 2.72. The Morgan fingerprint density at radius 3 is 2.26 bits per heavy atom. The number of nitrogens with zero attached hydrogens (tertiary/aromatic N) is 3. The zero-order valence-corrected chi connectivity index (χ0v) is 28.3. The van der Waals surface area contributed by atoms with Crippen LogP contribution in [0.4, 0.5) is 0 Å². The number of carbonyl (C=O) groups is 3. The van der Waals surface area contributed by atoms with Crippen LogP contribution in [0.1, 0.15) is 29.2 Å². The maximum absolute atomic E-state index is 14.4. The van der Waals surface area contributed by atoms with Gasteiger partial charge in [0.05, 0.1) is 24.4 Å². The minimum atomic E-state index is -0.759. The Labute approximate surface area is 283 Å². The number of benzene rings is 3. The first-order valence-corrected chi connectivity index (χ1v) is 19.6. The number of aromatic nitrogens is 3. The zero-order valence-electron chi connectivity index (χ0n) is 24.9. The van der Waals surface area contributed by atoms with Crippen LogP contribution in [0.25, 0.3) is 0 Å². The summed E-state index contributed by atoms with van der Waals surface area (Å²) in [5.74, 6) is -0.907. The number of nitrogens with one attached hydrogen (secondary N) is 2.